The molecular formula is C30H32N2O9S. The van der Waals surface area contributed by atoms with Gasteiger partial charge in [-0.3, -0.25) is 9.36 Å². The molecule has 0 bridgehead atoms. The number of esters is 1. The van der Waals surface area contributed by atoms with Crippen molar-refractivity contribution in [1.29, 1.82) is 0 Å². The van der Waals surface area contributed by atoms with Gasteiger partial charge in [0.2, 0.25) is 0 Å². The number of aliphatic carboxylic acids is 1. The summed E-state index contributed by atoms with van der Waals surface area (Å²) in [5.41, 5.74) is 1.47. The van der Waals surface area contributed by atoms with E-state index in [-0.39, 0.29) is 23.5 Å². The minimum Gasteiger partial charge on any atom is -0.493 e. The molecule has 2 aromatic carbocycles. The Bertz CT molecular complexity index is 1700. The van der Waals surface area contributed by atoms with Crippen molar-refractivity contribution in [1.82, 2.24) is 4.57 Å². The van der Waals surface area contributed by atoms with E-state index in [2.05, 4.69) is 4.99 Å². The average molecular weight is 597 g/mol. The Balaban J connectivity index is 1.92. The second-order valence-electron chi connectivity index (χ2n) is 9.12. The van der Waals surface area contributed by atoms with Gasteiger partial charge >= 0.3 is 11.9 Å². The summed E-state index contributed by atoms with van der Waals surface area (Å²) in [6, 6.07) is 9.35. The number of hydrogen-bond acceptors (Lipinski definition) is 10. The number of carbonyl (C=O) groups excluding carboxylic acids is 1. The second-order valence-corrected chi connectivity index (χ2v) is 10.1. The first kappa shape index (κ1) is 30.4. The van der Waals surface area contributed by atoms with Crippen LogP contribution in [0.25, 0.3) is 6.08 Å². The number of carboxylic acid groups (broad SMARTS) is 1. The number of carboxylic acids is 1. The lowest BCUT2D eigenvalue weighted by atomic mass is 9.94. The minimum absolute atomic E-state index is 0.151. The number of methoxy groups -OCH3 is 2. The Kier molecular flexibility index (Phi) is 9.68. The molecular weight excluding hydrogens is 564 g/mol. The van der Waals surface area contributed by atoms with Crippen molar-refractivity contribution < 1.29 is 38.4 Å². The number of fused-ring (bicyclic) bond motifs is 1. The molecule has 1 unspecified atom stereocenters. The van der Waals surface area contributed by atoms with E-state index in [1.165, 1.54) is 30.1 Å². The van der Waals surface area contributed by atoms with Crippen molar-refractivity contribution in [3.8, 4) is 23.0 Å². The fraction of sp³-hybridized carbons (Fsp3) is 0.333. The third-order valence-corrected chi connectivity index (χ3v) is 7.31. The number of hydrogen-bond donors (Lipinski definition) is 1. The summed E-state index contributed by atoms with van der Waals surface area (Å²) in [5, 5.41) is 8.93. The lowest BCUT2D eigenvalue weighted by Gasteiger charge is -2.27. The molecule has 2 heterocycles. The van der Waals surface area contributed by atoms with E-state index in [0.29, 0.717) is 50.0 Å². The van der Waals surface area contributed by atoms with E-state index >= 15 is 0 Å². The molecule has 0 spiro atoms. The monoisotopic (exact) mass is 596 g/mol. The molecule has 222 valence electrons. The topological polar surface area (TPSA) is 135 Å². The Labute approximate surface area is 245 Å². The smallest absolute Gasteiger partial charge is 0.341 e. The summed E-state index contributed by atoms with van der Waals surface area (Å²) >= 11 is 1.17. The molecule has 0 aliphatic carbocycles. The molecule has 11 nitrogen and oxygen atoms in total. The van der Waals surface area contributed by atoms with Crippen molar-refractivity contribution in [2.45, 2.75) is 33.2 Å². The summed E-state index contributed by atoms with van der Waals surface area (Å²) in [4.78, 5) is 43.3. The number of para-hydroxylation sites is 1. The van der Waals surface area contributed by atoms with Crippen molar-refractivity contribution in [3.05, 3.63) is 78.5 Å². The van der Waals surface area contributed by atoms with Gasteiger partial charge in [0.15, 0.2) is 34.4 Å². The molecule has 1 aliphatic rings. The molecule has 3 aromatic rings. The molecule has 0 fully saturated rings. The number of benzene rings is 2. The summed E-state index contributed by atoms with van der Waals surface area (Å²) in [5.74, 6) is -0.230. The largest absolute Gasteiger partial charge is 0.493 e. The number of carbonyl (C=O) groups is 2. The first-order chi connectivity index (χ1) is 20.2. The maximum absolute atomic E-state index is 14.0. The summed E-state index contributed by atoms with van der Waals surface area (Å²) in [7, 11) is 2.97. The van der Waals surface area contributed by atoms with Crippen LogP contribution in [0.3, 0.4) is 0 Å². The van der Waals surface area contributed by atoms with Crippen LogP contribution in [0.5, 0.6) is 23.0 Å². The second kappa shape index (κ2) is 13.4. The molecule has 1 N–H and O–H groups in total. The maximum atomic E-state index is 14.0. The van der Waals surface area contributed by atoms with Gasteiger partial charge in [0.1, 0.15) is 6.04 Å². The average Bonchev–Trinajstić information content (AvgIpc) is 3.28. The molecule has 12 heteroatoms. The number of allylic oxidation sites excluding steroid dienone is 1. The first-order valence-electron chi connectivity index (χ1n) is 13.3. The Morgan fingerprint density at radius 2 is 1.83 bits per heavy atom. The SMILES string of the molecule is CCCOc1c(OC)cccc1C1C(C(=O)OCC)=C(C)N=c2s/c(=C\c3ccc(OCC(=O)O)c(OC)c3)c(=O)n21. The lowest BCUT2D eigenvalue weighted by Crippen LogP contribution is -2.40. The van der Waals surface area contributed by atoms with Crippen LogP contribution in [0.2, 0.25) is 0 Å². The number of ether oxygens (including phenoxy) is 5. The number of rotatable bonds is 12. The fourth-order valence-corrected chi connectivity index (χ4v) is 5.58. The van der Waals surface area contributed by atoms with Crippen LogP contribution in [0.15, 0.2) is 57.5 Å². The first-order valence-corrected chi connectivity index (χ1v) is 14.1. The van der Waals surface area contributed by atoms with E-state index in [9.17, 15) is 14.4 Å². The lowest BCUT2D eigenvalue weighted by molar-refractivity contribution is -0.140. The Hall–Kier alpha value is -4.58. The van der Waals surface area contributed by atoms with Crippen LogP contribution < -0.4 is 33.8 Å². The molecule has 0 saturated heterocycles. The van der Waals surface area contributed by atoms with E-state index in [4.69, 9.17) is 28.8 Å². The highest BCUT2D eigenvalue weighted by atomic mass is 32.1. The van der Waals surface area contributed by atoms with Crippen LogP contribution in [0, 0.1) is 0 Å². The standard InChI is InChI=1S/C30H32N2O9S/c1-6-13-40-27-19(9-8-10-21(27)37-4)26-25(29(36)39-7-2)17(3)31-30-32(26)28(35)23(42-30)15-18-11-12-20(22(14-18)38-5)41-16-24(33)34/h8-12,14-15,26H,6-7,13,16H2,1-5H3,(H,33,34)/b23-15-. The van der Waals surface area contributed by atoms with Crippen LogP contribution in [-0.2, 0) is 14.3 Å². The molecule has 42 heavy (non-hydrogen) atoms. The highest BCUT2D eigenvalue weighted by Gasteiger charge is 2.36. The Morgan fingerprint density at radius 3 is 2.50 bits per heavy atom. The van der Waals surface area contributed by atoms with Gasteiger partial charge in [-0.05, 0) is 50.1 Å². The molecule has 4 rings (SSSR count). The fourth-order valence-electron chi connectivity index (χ4n) is 4.54. The molecule has 1 aliphatic heterocycles. The predicted molar refractivity (Wildman–Crippen MR) is 155 cm³/mol. The van der Waals surface area contributed by atoms with Gasteiger partial charge in [0.25, 0.3) is 5.56 Å². The van der Waals surface area contributed by atoms with Gasteiger partial charge in [-0.2, -0.15) is 0 Å². The third-order valence-electron chi connectivity index (χ3n) is 6.33. The van der Waals surface area contributed by atoms with Gasteiger partial charge in [-0.1, -0.05) is 36.5 Å². The molecule has 0 radical (unpaired) electrons. The van der Waals surface area contributed by atoms with Crippen LogP contribution >= 0.6 is 11.3 Å². The van der Waals surface area contributed by atoms with Crippen LogP contribution in [0.4, 0.5) is 0 Å². The van der Waals surface area contributed by atoms with Crippen molar-refractivity contribution in [3.63, 3.8) is 0 Å². The normalized spacial score (nSPS) is 14.6. The zero-order valence-corrected chi connectivity index (χ0v) is 24.8. The van der Waals surface area contributed by atoms with Crippen LogP contribution in [-0.4, -0.2) is 55.7 Å². The van der Waals surface area contributed by atoms with Gasteiger partial charge in [0, 0.05) is 5.56 Å². The zero-order chi connectivity index (χ0) is 30.4. The van der Waals surface area contributed by atoms with Gasteiger partial charge < -0.3 is 28.8 Å². The zero-order valence-electron chi connectivity index (χ0n) is 24.0. The maximum Gasteiger partial charge on any atom is 0.341 e. The van der Waals surface area contributed by atoms with Gasteiger partial charge in [-0.15, -0.1) is 0 Å². The van der Waals surface area contributed by atoms with Crippen molar-refractivity contribution >= 4 is 29.4 Å². The molecule has 0 amide bonds. The Morgan fingerprint density at radius 1 is 1.07 bits per heavy atom. The van der Waals surface area contributed by atoms with Crippen molar-refractivity contribution in [2.75, 3.05) is 34.0 Å². The summed E-state index contributed by atoms with van der Waals surface area (Å²) in [6.07, 6.45) is 2.41. The minimum atomic E-state index is -1.12. The summed E-state index contributed by atoms with van der Waals surface area (Å²) < 4.78 is 29.6. The number of aromatic nitrogens is 1. The van der Waals surface area contributed by atoms with Crippen LogP contribution in [0.1, 0.15) is 44.4 Å². The van der Waals surface area contributed by atoms with E-state index in [1.54, 1.807) is 56.3 Å². The molecule has 0 saturated carbocycles. The van der Waals surface area contributed by atoms with Crippen molar-refractivity contribution in [2.24, 2.45) is 4.99 Å². The highest BCUT2D eigenvalue weighted by Crippen LogP contribution is 2.41. The van der Waals surface area contributed by atoms with E-state index in [0.717, 1.165) is 6.42 Å². The molecule has 1 aromatic heterocycles. The highest BCUT2D eigenvalue weighted by molar-refractivity contribution is 7.07. The molecule has 1 atom stereocenters. The quantitative estimate of drug-likeness (QED) is 0.313. The predicted octanol–water partition coefficient (Wildman–Crippen LogP) is 3.07. The van der Waals surface area contributed by atoms with E-state index in [1.807, 2.05) is 6.92 Å². The number of nitrogens with zero attached hydrogens (tertiary/aromatic N) is 2. The summed E-state index contributed by atoms with van der Waals surface area (Å²) in [6.45, 7) is 5.44. The van der Waals surface area contributed by atoms with Gasteiger partial charge in [0.05, 0.1) is 43.2 Å². The van der Waals surface area contributed by atoms with E-state index < -0.39 is 24.6 Å². The number of thiazole rings is 1. The van der Waals surface area contributed by atoms with Gasteiger partial charge in [-0.25, -0.2) is 14.6 Å². The third kappa shape index (κ3) is 6.18.